The fourth-order valence-electron chi connectivity index (χ4n) is 3.42. The molecule has 0 spiro atoms. The van der Waals surface area contributed by atoms with Crippen molar-refractivity contribution in [1.29, 1.82) is 0 Å². The first-order valence-corrected chi connectivity index (χ1v) is 8.00. The first-order chi connectivity index (χ1) is 8.63. The van der Waals surface area contributed by atoms with Gasteiger partial charge in [0.15, 0.2) is 0 Å². The van der Waals surface area contributed by atoms with Crippen molar-refractivity contribution in [2.24, 2.45) is 17.2 Å². The highest BCUT2D eigenvalue weighted by Crippen LogP contribution is 2.43. The van der Waals surface area contributed by atoms with Gasteiger partial charge in [0.1, 0.15) is 0 Å². The topological polar surface area (TPSA) is 38.0 Å². The van der Waals surface area contributed by atoms with E-state index in [1.54, 1.807) is 0 Å². The van der Waals surface area contributed by atoms with E-state index in [1.165, 1.54) is 30.6 Å². The molecule has 18 heavy (non-hydrogen) atoms. The van der Waals surface area contributed by atoms with Crippen molar-refractivity contribution in [3.8, 4) is 0 Å². The van der Waals surface area contributed by atoms with Crippen molar-refractivity contribution in [3.63, 3.8) is 0 Å². The Hall–Kier alpha value is -0.380. The molecule has 2 nitrogen and oxygen atoms in total. The molecule has 1 aliphatic rings. The van der Waals surface area contributed by atoms with Crippen LogP contribution in [0.3, 0.4) is 0 Å². The molecule has 2 rings (SSSR count). The van der Waals surface area contributed by atoms with Gasteiger partial charge in [0.2, 0.25) is 0 Å². The third-order valence-corrected chi connectivity index (χ3v) is 5.51. The van der Waals surface area contributed by atoms with E-state index < -0.39 is 0 Å². The molecule has 0 bridgehead atoms. The van der Waals surface area contributed by atoms with E-state index in [0.717, 1.165) is 18.8 Å². The summed E-state index contributed by atoms with van der Waals surface area (Å²) in [7, 11) is 0. The molecule has 2 unspecified atom stereocenters. The van der Waals surface area contributed by atoms with Crippen LogP contribution in [-0.4, -0.2) is 6.04 Å². The van der Waals surface area contributed by atoms with Crippen LogP contribution in [0.25, 0.3) is 0 Å². The van der Waals surface area contributed by atoms with E-state index in [1.807, 2.05) is 11.3 Å². The van der Waals surface area contributed by atoms with Crippen LogP contribution in [0.15, 0.2) is 17.5 Å². The van der Waals surface area contributed by atoms with E-state index in [9.17, 15) is 0 Å². The third-order valence-electron chi connectivity index (χ3n) is 4.57. The zero-order valence-electron chi connectivity index (χ0n) is 11.6. The van der Waals surface area contributed by atoms with Crippen molar-refractivity contribution < 1.29 is 0 Å². The molecule has 3 heteroatoms. The highest BCUT2D eigenvalue weighted by Gasteiger charge is 2.36. The maximum absolute atomic E-state index is 5.82. The lowest BCUT2D eigenvalue weighted by molar-refractivity contribution is 0.0949. The molecule has 1 aromatic rings. The van der Waals surface area contributed by atoms with Crippen LogP contribution in [0.4, 0.5) is 0 Å². The summed E-state index contributed by atoms with van der Waals surface area (Å²) in [6.45, 7) is 4.82. The van der Waals surface area contributed by atoms with Gasteiger partial charge in [-0.15, -0.1) is 11.3 Å². The molecule has 0 radical (unpaired) electrons. The molecule has 0 amide bonds. The average Bonchev–Trinajstić information content (AvgIpc) is 2.84. The summed E-state index contributed by atoms with van der Waals surface area (Å²) >= 11 is 1.85. The Kier molecular flexibility index (Phi) is 4.82. The lowest BCUT2D eigenvalue weighted by Gasteiger charge is -2.43. The summed E-state index contributed by atoms with van der Waals surface area (Å²) < 4.78 is 0. The van der Waals surface area contributed by atoms with Gasteiger partial charge in [-0.3, -0.25) is 11.3 Å². The molecule has 0 aromatic carbocycles. The van der Waals surface area contributed by atoms with Crippen molar-refractivity contribution in [2.75, 3.05) is 0 Å². The summed E-state index contributed by atoms with van der Waals surface area (Å²) in [5, 5.41) is 2.16. The third kappa shape index (κ3) is 3.34. The van der Waals surface area contributed by atoms with Crippen molar-refractivity contribution >= 4 is 11.3 Å². The van der Waals surface area contributed by atoms with Crippen LogP contribution in [0.5, 0.6) is 0 Å². The minimum Gasteiger partial charge on any atom is -0.271 e. The molecule has 102 valence electrons. The molecule has 1 saturated carbocycles. The highest BCUT2D eigenvalue weighted by atomic mass is 32.1. The van der Waals surface area contributed by atoms with Crippen LogP contribution >= 0.6 is 11.3 Å². The van der Waals surface area contributed by atoms with E-state index in [2.05, 4.69) is 36.8 Å². The number of rotatable bonds is 5. The number of hydrogen-bond acceptors (Lipinski definition) is 3. The predicted octanol–water partition coefficient (Wildman–Crippen LogP) is 3.73. The van der Waals surface area contributed by atoms with E-state index >= 15 is 0 Å². The number of aryl methyl sites for hydroxylation is 1. The van der Waals surface area contributed by atoms with Gasteiger partial charge in [-0.05, 0) is 48.5 Å². The number of nitrogens with one attached hydrogen (secondary N) is 1. The minimum absolute atomic E-state index is 0.435. The van der Waals surface area contributed by atoms with E-state index in [-0.39, 0.29) is 0 Å². The van der Waals surface area contributed by atoms with Gasteiger partial charge in [-0.2, -0.15) is 0 Å². The average molecular weight is 266 g/mol. The molecular weight excluding hydrogens is 240 g/mol. The fourth-order valence-corrected chi connectivity index (χ4v) is 4.14. The summed E-state index contributed by atoms with van der Waals surface area (Å²) in [4.78, 5) is 1.48. The largest absolute Gasteiger partial charge is 0.271 e. The van der Waals surface area contributed by atoms with Crippen LogP contribution in [-0.2, 0) is 6.42 Å². The van der Waals surface area contributed by atoms with Crippen molar-refractivity contribution in [3.05, 3.63) is 22.4 Å². The molecule has 1 aromatic heterocycles. The van der Waals surface area contributed by atoms with Gasteiger partial charge in [0.05, 0.1) is 0 Å². The Morgan fingerprint density at radius 1 is 1.50 bits per heavy atom. The molecule has 1 aliphatic carbocycles. The van der Waals surface area contributed by atoms with Gasteiger partial charge in [0, 0.05) is 10.9 Å². The summed E-state index contributed by atoms with van der Waals surface area (Å²) in [5.74, 6) is 6.54. The first kappa shape index (κ1) is 14.0. The van der Waals surface area contributed by atoms with Crippen LogP contribution in [0.1, 0.15) is 50.8 Å². The second kappa shape index (κ2) is 6.18. The zero-order chi connectivity index (χ0) is 13.0. The van der Waals surface area contributed by atoms with E-state index in [0.29, 0.717) is 11.5 Å². The Morgan fingerprint density at radius 3 is 2.94 bits per heavy atom. The normalized spacial score (nSPS) is 24.9. The van der Waals surface area contributed by atoms with Crippen molar-refractivity contribution in [1.82, 2.24) is 5.43 Å². The molecular formula is C15H26N2S. The van der Waals surface area contributed by atoms with Gasteiger partial charge >= 0.3 is 0 Å². The molecule has 1 heterocycles. The standard InChI is InChI=1S/C15H26N2S/c1-15(2)10-4-3-7-13(15)14(17-16)9-8-12-6-5-11-18-12/h5-6,11,13-14,17H,3-4,7-10,16H2,1-2H3. The Bertz CT molecular complexity index is 345. The molecule has 3 N–H and O–H groups in total. The van der Waals surface area contributed by atoms with Gasteiger partial charge in [-0.25, -0.2) is 0 Å². The zero-order valence-corrected chi connectivity index (χ0v) is 12.4. The smallest absolute Gasteiger partial charge is 0.0247 e. The molecule has 1 fully saturated rings. The predicted molar refractivity (Wildman–Crippen MR) is 79.5 cm³/mol. The SMILES string of the molecule is CC1(C)CCCCC1C(CCc1cccs1)NN. The maximum Gasteiger partial charge on any atom is 0.0247 e. The summed E-state index contributed by atoms with van der Waals surface area (Å²) in [5.41, 5.74) is 3.53. The Labute approximate surface area is 115 Å². The van der Waals surface area contributed by atoms with Crippen LogP contribution in [0, 0.1) is 11.3 Å². The number of nitrogens with two attached hydrogens (primary N) is 1. The second-order valence-corrected chi connectivity index (χ2v) is 7.26. The van der Waals surface area contributed by atoms with Gasteiger partial charge in [-0.1, -0.05) is 32.8 Å². The number of thiophene rings is 1. The molecule has 0 saturated heterocycles. The van der Waals surface area contributed by atoms with Crippen LogP contribution in [0.2, 0.25) is 0 Å². The maximum atomic E-state index is 5.82. The monoisotopic (exact) mass is 266 g/mol. The lowest BCUT2D eigenvalue weighted by atomic mass is 9.65. The van der Waals surface area contributed by atoms with Gasteiger partial charge < -0.3 is 0 Å². The molecule has 0 aliphatic heterocycles. The quantitative estimate of drug-likeness (QED) is 0.629. The summed E-state index contributed by atoms with van der Waals surface area (Å²) in [6.07, 6.45) is 7.72. The molecule has 2 atom stereocenters. The number of hydrazine groups is 1. The fraction of sp³-hybridized carbons (Fsp3) is 0.733. The van der Waals surface area contributed by atoms with Gasteiger partial charge in [0.25, 0.3) is 0 Å². The Morgan fingerprint density at radius 2 is 2.33 bits per heavy atom. The van der Waals surface area contributed by atoms with E-state index in [4.69, 9.17) is 5.84 Å². The second-order valence-electron chi connectivity index (χ2n) is 6.23. The lowest BCUT2D eigenvalue weighted by Crippen LogP contribution is -2.47. The summed E-state index contributed by atoms with van der Waals surface area (Å²) in [6, 6.07) is 4.82. The number of hydrogen-bond donors (Lipinski definition) is 2. The van der Waals surface area contributed by atoms with Crippen molar-refractivity contribution in [2.45, 2.75) is 58.4 Å². The van der Waals surface area contributed by atoms with Crippen LogP contribution < -0.4 is 11.3 Å². The first-order valence-electron chi connectivity index (χ1n) is 7.12. The highest BCUT2D eigenvalue weighted by molar-refractivity contribution is 7.09. The Balaban J connectivity index is 1.94. The minimum atomic E-state index is 0.435.